The highest BCUT2D eigenvalue weighted by molar-refractivity contribution is 6.30. The van der Waals surface area contributed by atoms with Gasteiger partial charge in [0.05, 0.1) is 0 Å². The third-order valence-electron chi connectivity index (χ3n) is 2.99. The van der Waals surface area contributed by atoms with E-state index in [0.717, 1.165) is 23.6 Å². The van der Waals surface area contributed by atoms with Crippen LogP contribution in [0.2, 0.25) is 5.02 Å². The standard InChI is InChI=1S/C15H17ClN2/c1-17-15(11-14-4-2-3-9-18-14)10-12-5-7-13(16)8-6-12/h2-9,15,17H,10-11H2,1H3. The topological polar surface area (TPSA) is 24.9 Å². The molecule has 0 saturated carbocycles. The Morgan fingerprint density at radius 3 is 2.50 bits per heavy atom. The summed E-state index contributed by atoms with van der Waals surface area (Å²) >= 11 is 5.89. The molecule has 1 N–H and O–H groups in total. The van der Waals surface area contributed by atoms with Crippen molar-refractivity contribution >= 4 is 11.6 Å². The third kappa shape index (κ3) is 3.83. The lowest BCUT2D eigenvalue weighted by Crippen LogP contribution is -2.30. The normalized spacial score (nSPS) is 12.3. The number of hydrogen-bond donors (Lipinski definition) is 1. The molecule has 1 aromatic carbocycles. The fourth-order valence-electron chi connectivity index (χ4n) is 1.95. The quantitative estimate of drug-likeness (QED) is 0.894. The molecule has 0 bridgehead atoms. The second kappa shape index (κ2) is 6.53. The van der Waals surface area contributed by atoms with E-state index >= 15 is 0 Å². The maximum Gasteiger partial charge on any atom is 0.0419 e. The average Bonchev–Trinajstić information content (AvgIpc) is 2.41. The lowest BCUT2D eigenvalue weighted by atomic mass is 10.0. The van der Waals surface area contributed by atoms with Gasteiger partial charge < -0.3 is 5.32 Å². The van der Waals surface area contributed by atoms with Crippen LogP contribution in [0.15, 0.2) is 48.7 Å². The first-order valence-electron chi connectivity index (χ1n) is 6.09. The molecule has 2 aromatic rings. The van der Waals surface area contributed by atoms with Gasteiger partial charge >= 0.3 is 0 Å². The molecule has 0 radical (unpaired) electrons. The van der Waals surface area contributed by atoms with Crippen molar-refractivity contribution in [3.8, 4) is 0 Å². The Bertz CT molecular complexity index is 468. The predicted molar refractivity (Wildman–Crippen MR) is 75.9 cm³/mol. The molecule has 0 aliphatic carbocycles. The molecule has 1 unspecified atom stereocenters. The van der Waals surface area contributed by atoms with E-state index < -0.39 is 0 Å². The molecule has 1 heterocycles. The fourth-order valence-corrected chi connectivity index (χ4v) is 2.08. The van der Waals surface area contributed by atoms with Crippen molar-refractivity contribution in [2.24, 2.45) is 0 Å². The van der Waals surface area contributed by atoms with Crippen molar-refractivity contribution in [1.29, 1.82) is 0 Å². The monoisotopic (exact) mass is 260 g/mol. The number of rotatable bonds is 5. The lowest BCUT2D eigenvalue weighted by molar-refractivity contribution is 0.550. The Balaban J connectivity index is 1.99. The van der Waals surface area contributed by atoms with Gasteiger partial charge in [-0.3, -0.25) is 4.98 Å². The van der Waals surface area contributed by atoms with Crippen LogP contribution >= 0.6 is 11.6 Å². The Hall–Kier alpha value is -1.38. The van der Waals surface area contributed by atoms with Gasteiger partial charge in [0.1, 0.15) is 0 Å². The molecular formula is C15H17ClN2. The summed E-state index contributed by atoms with van der Waals surface area (Å²) in [6, 6.07) is 14.4. The molecule has 0 aliphatic rings. The van der Waals surface area contributed by atoms with Crippen LogP contribution in [0.25, 0.3) is 0 Å². The molecule has 1 atom stereocenters. The second-order valence-corrected chi connectivity index (χ2v) is 4.78. The first-order chi connectivity index (χ1) is 8.78. The molecule has 0 saturated heterocycles. The van der Waals surface area contributed by atoms with Crippen molar-refractivity contribution in [2.45, 2.75) is 18.9 Å². The van der Waals surface area contributed by atoms with E-state index in [0.29, 0.717) is 6.04 Å². The maximum atomic E-state index is 5.89. The molecule has 94 valence electrons. The van der Waals surface area contributed by atoms with Gasteiger partial charge in [-0.2, -0.15) is 0 Å². The Labute approximate surface area is 113 Å². The minimum absolute atomic E-state index is 0.390. The Morgan fingerprint density at radius 1 is 1.11 bits per heavy atom. The van der Waals surface area contributed by atoms with Crippen LogP contribution in [0.5, 0.6) is 0 Å². The number of hydrogen-bond acceptors (Lipinski definition) is 2. The number of aromatic nitrogens is 1. The summed E-state index contributed by atoms with van der Waals surface area (Å²) in [7, 11) is 1.99. The number of pyridine rings is 1. The maximum absolute atomic E-state index is 5.89. The molecular weight excluding hydrogens is 244 g/mol. The third-order valence-corrected chi connectivity index (χ3v) is 3.24. The summed E-state index contributed by atoms with van der Waals surface area (Å²) in [5.41, 5.74) is 2.40. The highest BCUT2D eigenvalue weighted by Gasteiger charge is 2.08. The molecule has 1 aromatic heterocycles. The first kappa shape index (κ1) is 13.1. The van der Waals surface area contributed by atoms with Crippen LogP contribution in [0.4, 0.5) is 0 Å². The summed E-state index contributed by atoms with van der Waals surface area (Å²) in [5.74, 6) is 0. The van der Waals surface area contributed by atoms with Crippen LogP contribution in [0.1, 0.15) is 11.3 Å². The van der Waals surface area contributed by atoms with Gasteiger partial charge in [-0.15, -0.1) is 0 Å². The first-order valence-corrected chi connectivity index (χ1v) is 6.47. The predicted octanol–water partition coefficient (Wildman–Crippen LogP) is 3.11. The highest BCUT2D eigenvalue weighted by Crippen LogP contribution is 2.12. The van der Waals surface area contributed by atoms with E-state index in [1.807, 2.05) is 37.5 Å². The van der Waals surface area contributed by atoms with Gasteiger partial charge in [-0.25, -0.2) is 0 Å². The number of likely N-dealkylation sites (N-methyl/N-ethyl adjacent to an activating group) is 1. The summed E-state index contributed by atoms with van der Waals surface area (Å²) in [6.07, 6.45) is 3.74. The number of nitrogens with one attached hydrogen (secondary N) is 1. The summed E-state index contributed by atoms with van der Waals surface area (Å²) < 4.78 is 0. The van der Waals surface area contributed by atoms with Gasteiger partial charge in [-0.1, -0.05) is 29.8 Å². The van der Waals surface area contributed by atoms with Crippen LogP contribution in [0.3, 0.4) is 0 Å². The van der Waals surface area contributed by atoms with E-state index in [4.69, 9.17) is 11.6 Å². The van der Waals surface area contributed by atoms with E-state index in [2.05, 4.69) is 28.5 Å². The molecule has 0 fully saturated rings. The zero-order valence-electron chi connectivity index (χ0n) is 10.4. The summed E-state index contributed by atoms with van der Waals surface area (Å²) in [6.45, 7) is 0. The number of benzene rings is 1. The zero-order valence-corrected chi connectivity index (χ0v) is 11.2. The van der Waals surface area contributed by atoms with Crippen molar-refractivity contribution < 1.29 is 0 Å². The molecule has 2 nitrogen and oxygen atoms in total. The van der Waals surface area contributed by atoms with Crippen molar-refractivity contribution in [3.63, 3.8) is 0 Å². The van der Waals surface area contributed by atoms with Crippen LogP contribution in [0, 0.1) is 0 Å². The fraction of sp³-hybridized carbons (Fsp3) is 0.267. The summed E-state index contributed by atoms with van der Waals surface area (Å²) in [5, 5.41) is 4.12. The van der Waals surface area contributed by atoms with Crippen molar-refractivity contribution in [1.82, 2.24) is 10.3 Å². The Morgan fingerprint density at radius 2 is 1.89 bits per heavy atom. The van der Waals surface area contributed by atoms with Gasteiger partial charge in [0.15, 0.2) is 0 Å². The number of halogens is 1. The smallest absolute Gasteiger partial charge is 0.0419 e. The van der Waals surface area contributed by atoms with Gasteiger partial charge in [0.25, 0.3) is 0 Å². The average molecular weight is 261 g/mol. The minimum atomic E-state index is 0.390. The molecule has 0 spiro atoms. The van der Waals surface area contributed by atoms with E-state index in [-0.39, 0.29) is 0 Å². The van der Waals surface area contributed by atoms with E-state index in [1.54, 1.807) is 0 Å². The van der Waals surface area contributed by atoms with Gasteiger partial charge in [0, 0.05) is 29.4 Å². The zero-order chi connectivity index (χ0) is 12.8. The molecule has 2 rings (SSSR count). The lowest BCUT2D eigenvalue weighted by Gasteiger charge is -2.15. The summed E-state index contributed by atoms with van der Waals surface area (Å²) in [4.78, 5) is 4.36. The van der Waals surface area contributed by atoms with Crippen molar-refractivity contribution in [3.05, 3.63) is 64.9 Å². The molecule has 0 aliphatic heterocycles. The van der Waals surface area contributed by atoms with Crippen LogP contribution in [-0.2, 0) is 12.8 Å². The van der Waals surface area contributed by atoms with Crippen molar-refractivity contribution in [2.75, 3.05) is 7.05 Å². The molecule has 3 heteroatoms. The molecule has 18 heavy (non-hydrogen) atoms. The van der Waals surface area contributed by atoms with E-state index in [1.165, 1.54) is 5.56 Å². The van der Waals surface area contributed by atoms with E-state index in [9.17, 15) is 0 Å². The van der Waals surface area contributed by atoms with Crippen LogP contribution in [-0.4, -0.2) is 18.1 Å². The minimum Gasteiger partial charge on any atom is -0.316 e. The van der Waals surface area contributed by atoms with Gasteiger partial charge in [0.2, 0.25) is 0 Å². The highest BCUT2D eigenvalue weighted by atomic mass is 35.5. The molecule has 0 amide bonds. The SMILES string of the molecule is CNC(Cc1ccc(Cl)cc1)Cc1ccccn1. The Kier molecular flexibility index (Phi) is 4.73. The number of nitrogens with zero attached hydrogens (tertiary/aromatic N) is 1. The largest absolute Gasteiger partial charge is 0.316 e. The van der Waals surface area contributed by atoms with Crippen LogP contribution < -0.4 is 5.32 Å². The van der Waals surface area contributed by atoms with Gasteiger partial charge in [-0.05, 0) is 43.3 Å². The second-order valence-electron chi connectivity index (χ2n) is 4.34.